The van der Waals surface area contributed by atoms with Crippen LogP contribution in [0.15, 0.2) is 36.4 Å². The Morgan fingerprint density at radius 2 is 2.10 bits per heavy atom. The van der Waals surface area contributed by atoms with Crippen molar-refractivity contribution in [3.8, 4) is 17.0 Å². The van der Waals surface area contributed by atoms with Crippen LogP contribution in [0.1, 0.15) is 15.9 Å². The van der Waals surface area contributed by atoms with E-state index in [-0.39, 0.29) is 5.56 Å². The number of aromatic carboxylic acids is 1. The quantitative estimate of drug-likeness (QED) is 0.773. The lowest BCUT2D eigenvalue weighted by atomic mass is 10.0. The van der Waals surface area contributed by atoms with E-state index in [0.29, 0.717) is 17.0 Å². The first-order chi connectivity index (χ1) is 10.1. The Hall–Kier alpha value is -2.82. The third kappa shape index (κ3) is 2.12. The van der Waals surface area contributed by atoms with Crippen molar-refractivity contribution in [1.82, 2.24) is 10.2 Å². The largest absolute Gasteiger partial charge is 0.496 e. The number of ether oxygens (including phenoxy) is 1. The van der Waals surface area contributed by atoms with Crippen LogP contribution in [0.25, 0.3) is 22.2 Å². The van der Waals surface area contributed by atoms with E-state index in [4.69, 9.17) is 4.74 Å². The van der Waals surface area contributed by atoms with Crippen LogP contribution in [0.5, 0.6) is 5.75 Å². The van der Waals surface area contributed by atoms with Gasteiger partial charge >= 0.3 is 5.97 Å². The normalized spacial score (nSPS) is 10.8. The molecular formula is C16H14N2O3. The van der Waals surface area contributed by atoms with Crippen molar-refractivity contribution < 1.29 is 14.6 Å². The van der Waals surface area contributed by atoms with E-state index in [1.54, 1.807) is 19.2 Å². The van der Waals surface area contributed by atoms with Crippen molar-refractivity contribution in [2.24, 2.45) is 0 Å². The first-order valence-electron chi connectivity index (χ1n) is 6.47. The number of hydrogen-bond donors (Lipinski definition) is 2. The lowest BCUT2D eigenvalue weighted by molar-refractivity contribution is 0.0699. The average Bonchev–Trinajstić information content (AvgIpc) is 2.90. The van der Waals surface area contributed by atoms with E-state index in [2.05, 4.69) is 10.2 Å². The molecule has 106 valence electrons. The Morgan fingerprint density at radius 3 is 2.81 bits per heavy atom. The molecule has 3 aromatic rings. The van der Waals surface area contributed by atoms with Crippen LogP contribution in [-0.4, -0.2) is 28.4 Å². The van der Waals surface area contributed by atoms with Gasteiger partial charge in [-0.25, -0.2) is 4.79 Å². The van der Waals surface area contributed by atoms with Crippen LogP contribution in [0.3, 0.4) is 0 Å². The number of carboxylic acids is 1. The van der Waals surface area contributed by atoms with E-state index in [9.17, 15) is 9.90 Å². The molecule has 3 rings (SSSR count). The Bertz CT molecular complexity index is 837. The Kier molecular flexibility index (Phi) is 3.10. The fourth-order valence-corrected chi connectivity index (χ4v) is 2.43. The summed E-state index contributed by atoms with van der Waals surface area (Å²) < 4.78 is 5.38. The van der Waals surface area contributed by atoms with Gasteiger partial charge in [-0.2, -0.15) is 5.10 Å². The van der Waals surface area contributed by atoms with Gasteiger partial charge in [0.2, 0.25) is 0 Å². The van der Waals surface area contributed by atoms with Crippen molar-refractivity contribution in [1.29, 1.82) is 0 Å². The topological polar surface area (TPSA) is 75.2 Å². The number of aryl methyl sites for hydroxylation is 1. The van der Waals surface area contributed by atoms with Gasteiger partial charge in [-0.05, 0) is 25.1 Å². The Morgan fingerprint density at radius 1 is 1.29 bits per heavy atom. The predicted molar refractivity (Wildman–Crippen MR) is 79.8 cm³/mol. The van der Waals surface area contributed by atoms with Gasteiger partial charge in [0.25, 0.3) is 0 Å². The third-order valence-corrected chi connectivity index (χ3v) is 3.44. The smallest absolute Gasteiger partial charge is 0.337 e. The molecule has 5 nitrogen and oxygen atoms in total. The molecule has 0 amide bonds. The second kappa shape index (κ2) is 4.94. The molecule has 0 aliphatic heterocycles. The molecule has 0 aliphatic carbocycles. The fourth-order valence-electron chi connectivity index (χ4n) is 2.43. The molecule has 2 aromatic carbocycles. The molecule has 0 saturated carbocycles. The highest BCUT2D eigenvalue weighted by Crippen LogP contribution is 2.34. The van der Waals surface area contributed by atoms with Gasteiger partial charge in [0.15, 0.2) is 0 Å². The van der Waals surface area contributed by atoms with E-state index in [1.807, 2.05) is 31.2 Å². The second-order valence-corrected chi connectivity index (χ2v) is 4.81. The van der Waals surface area contributed by atoms with Crippen LogP contribution < -0.4 is 4.74 Å². The molecule has 2 N–H and O–H groups in total. The van der Waals surface area contributed by atoms with E-state index >= 15 is 0 Å². The highest BCUT2D eigenvalue weighted by Gasteiger charge is 2.17. The highest BCUT2D eigenvalue weighted by atomic mass is 16.5. The minimum Gasteiger partial charge on any atom is -0.496 e. The molecular weight excluding hydrogens is 268 g/mol. The zero-order valence-corrected chi connectivity index (χ0v) is 11.7. The van der Waals surface area contributed by atoms with Crippen LogP contribution in [-0.2, 0) is 0 Å². The number of aromatic nitrogens is 2. The molecule has 0 atom stereocenters. The first-order valence-corrected chi connectivity index (χ1v) is 6.47. The number of H-pyrrole nitrogens is 1. The summed E-state index contributed by atoms with van der Waals surface area (Å²) in [6.07, 6.45) is 0. The maximum absolute atomic E-state index is 11.3. The van der Waals surface area contributed by atoms with Crippen molar-refractivity contribution in [3.05, 3.63) is 47.5 Å². The number of fused-ring (bicyclic) bond motifs is 1. The molecule has 5 heteroatoms. The summed E-state index contributed by atoms with van der Waals surface area (Å²) in [4.78, 5) is 11.3. The number of carboxylic acid groups (broad SMARTS) is 1. The summed E-state index contributed by atoms with van der Waals surface area (Å²) >= 11 is 0. The number of nitrogens with one attached hydrogen (secondary N) is 1. The molecule has 21 heavy (non-hydrogen) atoms. The van der Waals surface area contributed by atoms with Crippen molar-refractivity contribution >= 4 is 16.9 Å². The van der Waals surface area contributed by atoms with Crippen LogP contribution in [0.4, 0.5) is 0 Å². The summed E-state index contributed by atoms with van der Waals surface area (Å²) in [5, 5.41) is 17.1. The number of benzene rings is 2. The monoisotopic (exact) mass is 282 g/mol. The lowest BCUT2D eigenvalue weighted by Crippen LogP contribution is -1.96. The maximum Gasteiger partial charge on any atom is 0.337 e. The van der Waals surface area contributed by atoms with Gasteiger partial charge < -0.3 is 9.84 Å². The van der Waals surface area contributed by atoms with Crippen molar-refractivity contribution in [3.63, 3.8) is 0 Å². The standard InChI is InChI=1S/C16H14N2O3/c1-9-6-7-13(21-2)12(8-9)15-10-4-3-5-11(16(19)20)14(10)17-18-15/h3-8H,1-2H3,(H,17,18)(H,19,20). The lowest BCUT2D eigenvalue weighted by Gasteiger charge is -2.07. The van der Waals surface area contributed by atoms with E-state index < -0.39 is 5.97 Å². The van der Waals surface area contributed by atoms with Gasteiger partial charge in [0, 0.05) is 10.9 Å². The number of carbonyl (C=O) groups is 1. The highest BCUT2D eigenvalue weighted by molar-refractivity contribution is 6.06. The summed E-state index contributed by atoms with van der Waals surface area (Å²) in [7, 11) is 1.60. The van der Waals surface area contributed by atoms with E-state index in [1.165, 1.54) is 0 Å². The van der Waals surface area contributed by atoms with Crippen LogP contribution in [0.2, 0.25) is 0 Å². The molecule has 0 saturated heterocycles. The number of hydrogen-bond acceptors (Lipinski definition) is 3. The number of nitrogens with zero attached hydrogens (tertiary/aromatic N) is 1. The molecule has 1 heterocycles. The van der Waals surface area contributed by atoms with Crippen molar-refractivity contribution in [2.75, 3.05) is 7.11 Å². The number of aromatic amines is 1. The van der Waals surface area contributed by atoms with Crippen LogP contribution >= 0.6 is 0 Å². The molecule has 0 fully saturated rings. The zero-order chi connectivity index (χ0) is 15.0. The Labute approximate surface area is 121 Å². The third-order valence-electron chi connectivity index (χ3n) is 3.44. The van der Waals surface area contributed by atoms with Crippen LogP contribution in [0, 0.1) is 6.92 Å². The summed E-state index contributed by atoms with van der Waals surface area (Å²) in [5.41, 5.74) is 3.33. The van der Waals surface area contributed by atoms with Gasteiger partial charge in [-0.1, -0.05) is 23.8 Å². The average molecular weight is 282 g/mol. The number of rotatable bonds is 3. The molecule has 0 aliphatic rings. The molecule has 0 unspecified atom stereocenters. The second-order valence-electron chi connectivity index (χ2n) is 4.81. The summed E-state index contributed by atoms with van der Waals surface area (Å²) in [6, 6.07) is 10.9. The summed E-state index contributed by atoms with van der Waals surface area (Å²) in [5.74, 6) is -0.276. The Balaban J connectivity index is 2.30. The molecule has 1 aromatic heterocycles. The number of para-hydroxylation sites is 1. The van der Waals surface area contributed by atoms with Crippen molar-refractivity contribution in [2.45, 2.75) is 6.92 Å². The number of methoxy groups -OCH3 is 1. The zero-order valence-electron chi connectivity index (χ0n) is 11.7. The minimum absolute atomic E-state index is 0.206. The van der Waals surface area contributed by atoms with E-state index in [0.717, 1.165) is 16.5 Å². The molecule has 0 radical (unpaired) electrons. The molecule has 0 spiro atoms. The van der Waals surface area contributed by atoms with Gasteiger partial charge in [0.1, 0.15) is 11.4 Å². The SMILES string of the molecule is COc1ccc(C)cc1-c1n[nH]c2c(C(=O)O)cccc12. The minimum atomic E-state index is -0.980. The maximum atomic E-state index is 11.3. The van der Waals surface area contributed by atoms with Gasteiger partial charge in [0.05, 0.1) is 18.2 Å². The molecule has 0 bridgehead atoms. The van der Waals surface area contributed by atoms with Gasteiger partial charge in [-0.3, -0.25) is 5.10 Å². The fraction of sp³-hybridized carbons (Fsp3) is 0.125. The van der Waals surface area contributed by atoms with Gasteiger partial charge in [-0.15, -0.1) is 0 Å². The predicted octanol–water partition coefficient (Wildman–Crippen LogP) is 3.25. The first kappa shape index (κ1) is 13.2. The summed E-state index contributed by atoms with van der Waals surface area (Å²) in [6.45, 7) is 1.99.